The molecule has 0 aromatic heterocycles. The molecule has 0 aliphatic rings. The zero-order valence-corrected chi connectivity index (χ0v) is 11.9. The van der Waals surface area contributed by atoms with Crippen molar-refractivity contribution in [3.05, 3.63) is 29.8 Å². The van der Waals surface area contributed by atoms with Gasteiger partial charge in [0, 0.05) is 19.6 Å². The second-order valence-corrected chi connectivity index (χ2v) is 4.11. The van der Waals surface area contributed by atoms with Gasteiger partial charge in [-0.15, -0.1) is 12.4 Å². The molecule has 0 fully saturated rings. The minimum atomic E-state index is 0. The predicted molar refractivity (Wildman–Crippen MR) is 75.2 cm³/mol. The number of benzene rings is 1. The normalized spacial score (nSPS) is 11.3. The molecule has 0 saturated heterocycles. The van der Waals surface area contributed by atoms with Crippen molar-refractivity contribution in [2.24, 2.45) is 5.73 Å². The summed E-state index contributed by atoms with van der Waals surface area (Å²) >= 11 is 0. The summed E-state index contributed by atoms with van der Waals surface area (Å²) in [5.41, 5.74) is 6.51. The van der Waals surface area contributed by atoms with Crippen LogP contribution in [-0.2, 0) is 11.2 Å². The molecular formula is C13H21ClN2O2. The fraction of sp³-hybridized carbons (Fsp3) is 0.462. The minimum Gasteiger partial charge on any atom is -0.497 e. The highest BCUT2D eigenvalue weighted by molar-refractivity contribution is 5.85. The van der Waals surface area contributed by atoms with E-state index in [0.717, 1.165) is 11.3 Å². The Labute approximate surface area is 115 Å². The molecule has 1 amide bonds. The Hall–Kier alpha value is -1.26. The van der Waals surface area contributed by atoms with Crippen molar-refractivity contribution in [1.29, 1.82) is 0 Å². The van der Waals surface area contributed by atoms with E-state index in [1.807, 2.05) is 31.2 Å². The van der Waals surface area contributed by atoms with Gasteiger partial charge in [-0.2, -0.15) is 0 Å². The van der Waals surface area contributed by atoms with E-state index in [1.165, 1.54) is 0 Å². The first-order valence-electron chi connectivity index (χ1n) is 5.67. The Morgan fingerprint density at radius 3 is 2.39 bits per heavy atom. The van der Waals surface area contributed by atoms with Crippen molar-refractivity contribution in [3.8, 4) is 5.75 Å². The third-order valence-electron chi connectivity index (χ3n) is 2.91. The summed E-state index contributed by atoms with van der Waals surface area (Å²) < 4.78 is 5.07. The van der Waals surface area contributed by atoms with E-state index >= 15 is 0 Å². The molecule has 0 radical (unpaired) electrons. The van der Waals surface area contributed by atoms with E-state index < -0.39 is 0 Å². The summed E-state index contributed by atoms with van der Waals surface area (Å²) in [6, 6.07) is 7.58. The van der Waals surface area contributed by atoms with E-state index in [0.29, 0.717) is 13.0 Å². The molecule has 0 saturated carbocycles. The van der Waals surface area contributed by atoms with Crippen LogP contribution < -0.4 is 10.5 Å². The highest BCUT2D eigenvalue weighted by atomic mass is 35.5. The van der Waals surface area contributed by atoms with Crippen LogP contribution in [0.15, 0.2) is 24.3 Å². The molecule has 0 aliphatic carbocycles. The van der Waals surface area contributed by atoms with Crippen LogP contribution in [0.2, 0.25) is 0 Å². The number of hydrogen-bond acceptors (Lipinski definition) is 3. The number of likely N-dealkylation sites (N-methyl/N-ethyl adjacent to an activating group) is 1. The van der Waals surface area contributed by atoms with Gasteiger partial charge in [0.15, 0.2) is 0 Å². The molecule has 1 aromatic rings. The summed E-state index contributed by atoms with van der Waals surface area (Å²) in [6.07, 6.45) is 0.394. The molecule has 1 unspecified atom stereocenters. The van der Waals surface area contributed by atoms with Gasteiger partial charge in [-0.1, -0.05) is 12.1 Å². The summed E-state index contributed by atoms with van der Waals surface area (Å²) in [6.45, 7) is 2.41. The lowest BCUT2D eigenvalue weighted by Crippen LogP contribution is -2.40. The van der Waals surface area contributed by atoms with Gasteiger partial charge in [0.25, 0.3) is 0 Å². The molecule has 0 bridgehead atoms. The first-order chi connectivity index (χ1) is 8.08. The molecular weight excluding hydrogens is 252 g/mol. The maximum Gasteiger partial charge on any atom is 0.227 e. The second kappa shape index (κ2) is 7.95. The fourth-order valence-corrected chi connectivity index (χ4v) is 1.45. The van der Waals surface area contributed by atoms with Gasteiger partial charge in [0.05, 0.1) is 13.5 Å². The summed E-state index contributed by atoms with van der Waals surface area (Å²) in [7, 11) is 3.40. The van der Waals surface area contributed by atoms with Crippen LogP contribution in [0.4, 0.5) is 0 Å². The Bertz CT molecular complexity index is 368. The zero-order chi connectivity index (χ0) is 12.8. The van der Waals surface area contributed by atoms with Gasteiger partial charge in [-0.25, -0.2) is 0 Å². The molecule has 4 nitrogen and oxygen atoms in total. The number of carbonyl (C=O) groups is 1. The number of hydrogen-bond donors (Lipinski definition) is 1. The Morgan fingerprint density at radius 1 is 1.39 bits per heavy atom. The van der Waals surface area contributed by atoms with Crippen LogP contribution in [0.3, 0.4) is 0 Å². The monoisotopic (exact) mass is 272 g/mol. The Morgan fingerprint density at radius 2 is 1.94 bits per heavy atom. The van der Waals surface area contributed by atoms with Crippen LogP contribution in [0.1, 0.15) is 12.5 Å². The van der Waals surface area contributed by atoms with E-state index in [-0.39, 0.29) is 24.4 Å². The maximum atomic E-state index is 11.9. The highest BCUT2D eigenvalue weighted by Crippen LogP contribution is 2.12. The number of methoxy groups -OCH3 is 1. The Balaban J connectivity index is 0.00000289. The van der Waals surface area contributed by atoms with E-state index in [2.05, 4.69) is 0 Å². The van der Waals surface area contributed by atoms with Crippen LogP contribution in [0, 0.1) is 0 Å². The highest BCUT2D eigenvalue weighted by Gasteiger charge is 2.14. The van der Waals surface area contributed by atoms with E-state index in [1.54, 1.807) is 19.1 Å². The van der Waals surface area contributed by atoms with Gasteiger partial charge in [0.2, 0.25) is 5.91 Å². The molecule has 1 aromatic carbocycles. The van der Waals surface area contributed by atoms with Crippen LogP contribution in [0.25, 0.3) is 0 Å². The van der Waals surface area contributed by atoms with Gasteiger partial charge in [0.1, 0.15) is 5.75 Å². The smallest absolute Gasteiger partial charge is 0.227 e. The summed E-state index contributed by atoms with van der Waals surface area (Å²) in [5.74, 6) is 0.873. The lowest BCUT2D eigenvalue weighted by atomic mass is 10.1. The quantitative estimate of drug-likeness (QED) is 0.883. The molecule has 1 rings (SSSR count). The second-order valence-electron chi connectivity index (χ2n) is 4.11. The van der Waals surface area contributed by atoms with E-state index in [9.17, 15) is 4.79 Å². The third kappa shape index (κ3) is 4.55. The first-order valence-corrected chi connectivity index (χ1v) is 5.67. The standard InChI is InChI=1S/C13H20N2O2.ClH/c1-10(9-14)15(2)13(16)8-11-4-6-12(17-3)7-5-11;/h4-7,10H,8-9,14H2,1-3H3;1H. The number of halogens is 1. The maximum absolute atomic E-state index is 11.9. The topological polar surface area (TPSA) is 55.6 Å². The largest absolute Gasteiger partial charge is 0.497 e. The fourth-order valence-electron chi connectivity index (χ4n) is 1.45. The SMILES string of the molecule is COc1ccc(CC(=O)N(C)C(C)CN)cc1.Cl. The van der Waals surface area contributed by atoms with Crippen molar-refractivity contribution in [1.82, 2.24) is 4.90 Å². The number of rotatable bonds is 5. The lowest BCUT2D eigenvalue weighted by Gasteiger charge is -2.23. The van der Waals surface area contributed by atoms with Crippen molar-refractivity contribution in [3.63, 3.8) is 0 Å². The Kier molecular flexibility index (Phi) is 7.39. The van der Waals surface area contributed by atoms with Gasteiger partial charge in [-0.3, -0.25) is 4.79 Å². The molecule has 1 atom stereocenters. The minimum absolute atomic E-state index is 0. The number of nitrogens with zero attached hydrogens (tertiary/aromatic N) is 1. The summed E-state index contributed by atoms with van der Waals surface area (Å²) in [5, 5.41) is 0. The van der Waals surface area contributed by atoms with Crippen LogP contribution in [-0.4, -0.2) is 37.6 Å². The van der Waals surface area contributed by atoms with Gasteiger partial charge >= 0.3 is 0 Å². The molecule has 102 valence electrons. The first kappa shape index (κ1) is 16.7. The van der Waals surface area contributed by atoms with Crippen molar-refractivity contribution in [2.75, 3.05) is 20.7 Å². The molecule has 5 heteroatoms. The number of carbonyl (C=O) groups excluding carboxylic acids is 1. The number of nitrogens with two attached hydrogens (primary N) is 1. The number of amides is 1. The molecule has 2 N–H and O–H groups in total. The average Bonchev–Trinajstić information content (AvgIpc) is 2.37. The van der Waals surface area contributed by atoms with Crippen molar-refractivity contribution < 1.29 is 9.53 Å². The lowest BCUT2D eigenvalue weighted by molar-refractivity contribution is -0.130. The number of ether oxygens (including phenoxy) is 1. The predicted octanol–water partition coefficient (Wildman–Crippen LogP) is 1.47. The molecule has 0 heterocycles. The van der Waals surface area contributed by atoms with Gasteiger partial charge < -0.3 is 15.4 Å². The van der Waals surface area contributed by atoms with Crippen LogP contribution in [0.5, 0.6) is 5.75 Å². The van der Waals surface area contributed by atoms with E-state index in [4.69, 9.17) is 10.5 Å². The van der Waals surface area contributed by atoms with Crippen molar-refractivity contribution >= 4 is 18.3 Å². The molecule has 0 aliphatic heterocycles. The molecule has 0 spiro atoms. The third-order valence-corrected chi connectivity index (χ3v) is 2.91. The van der Waals surface area contributed by atoms with Gasteiger partial charge in [-0.05, 0) is 24.6 Å². The molecule has 18 heavy (non-hydrogen) atoms. The zero-order valence-electron chi connectivity index (χ0n) is 11.1. The van der Waals surface area contributed by atoms with Crippen LogP contribution >= 0.6 is 12.4 Å². The van der Waals surface area contributed by atoms with Crippen molar-refractivity contribution in [2.45, 2.75) is 19.4 Å². The summed E-state index contributed by atoms with van der Waals surface area (Å²) in [4.78, 5) is 13.6. The average molecular weight is 273 g/mol.